The highest BCUT2D eigenvalue weighted by Gasteiger charge is 2.27. The van der Waals surface area contributed by atoms with Gasteiger partial charge >= 0.3 is 5.69 Å². The molecule has 1 N–H and O–H groups in total. The van der Waals surface area contributed by atoms with Gasteiger partial charge in [0.1, 0.15) is 5.82 Å². The Hall–Kier alpha value is -3.77. The molecule has 0 saturated carbocycles. The van der Waals surface area contributed by atoms with Crippen LogP contribution in [0, 0.1) is 6.92 Å². The van der Waals surface area contributed by atoms with E-state index >= 15 is 0 Å². The summed E-state index contributed by atoms with van der Waals surface area (Å²) in [5, 5.41) is 0.0177. The van der Waals surface area contributed by atoms with Gasteiger partial charge in [0, 0.05) is 23.9 Å². The Kier molecular flexibility index (Phi) is 5.30. The second-order valence-electron chi connectivity index (χ2n) is 8.11. The van der Waals surface area contributed by atoms with Crippen molar-refractivity contribution in [2.45, 2.75) is 26.2 Å². The summed E-state index contributed by atoms with van der Waals surface area (Å²) in [4.78, 5) is 36.3. The first-order valence-corrected chi connectivity index (χ1v) is 11.1. The topological polar surface area (TPSA) is 80.6 Å². The quantitative estimate of drug-likeness (QED) is 0.405. The number of benzene rings is 2. The van der Waals surface area contributed by atoms with Crippen molar-refractivity contribution in [2.24, 2.45) is 0 Å². The average Bonchev–Trinajstić information content (AvgIpc) is 2.95. The van der Waals surface area contributed by atoms with Gasteiger partial charge in [-0.25, -0.2) is 9.78 Å². The van der Waals surface area contributed by atoms with Crippen molar-refractivity contribution in [1.82, 2.24) is 19.5 Å². The van der Waals surface area contributed by atoms with Gasteiger partial charge in [-0.3, -0.25) is 14.3 Å². The first-order valence-electron chi connectivity index (χ1n) is 10.7. The van der Waals surface area contributed by atoms with Crippen LogP contribution in [-0.2, 0) is 6.42 Å². The van der Waals surface area contributed by atoms with Crippen LogP contribution < -0.4 is 11.2 Å². The largest absolute Gasteiger partial charge is 0.334 e. The maximum atomic E-state index is 13.2. The molecule has 1 aliphatic rings. The zero-order valence-electron chi connectivity index (χ0n) is 18.2. The molecule has 0 fully saturated rings. The molecule has 164 valence electrons. The Morgan fingerprint density at radius 1 is 1.00 bits per heavy atom. The van der Waals surface area contributed by atoms with Crippen LogP contribution in [0.25, 0.3) is 18.0 Å². The van der Waals surface area contributed by atoms with Crippen LogP contribution in [-0.4, -0.2) is 19.5 Å². The Balaban J connectivity index is 1.80. The summed E-state index contributed by atoms with van der Waals surface area (Å²) in [6.45, 7) is 4.16. The minimum Gasteiger partial charge on any atom is -0.273 e. The fourth-order valence-corrected chi connectivity index (χ4v) is 4.50. The molecular formula is C26H21ClN4O2. The van der Waals surface area contributed by atoms with Gasteiger partial charge in [-0.2, -0.15) is 4.98 Å². The zero-order valence-corrected chi connectivity index (χ0v) is 18.9. The van der Waals surface area contributed by atoms with Crippen LogP contribution >= 0.6 is 11.6 Å². The predicted octanol–water partition coefficient (Wildman–Crippen LogP) is 4.50. The molecule has 6 nitrogen and oxygen atoms in total. The zero-order chi connectivity index (χ0) is 23.1. The van der Waals surface area contributed by atoms with Crippen molar-refractivity contribution in [3.8, 4) is 5.82 Å². The summed E-state index contributed by atoms with van der Waals surface area (Å²) in [5.41, 5.74) is 5.87. The van der Waals surface area contributed by atoms with E-state index in [-0.39, 0.29) is 17.0 Å². The van der Waals surface area contributed by atoms with Gasteiger partial charge in [0.15, 0.2) is 0 Å². The molecule has 0 saturated heterocycles. The summed E-state index contributed by atoms with van der Waals surface area (Å²) in [6.07, 6.45) is 8.14. The van der Waals surface area contributed by atoms with Crippen LogP contribution in [0.4, 0.5) is 0 Å². The van der Waals surface area contributed by atoms with Gasteiger partial charge in [0.25, 0.3) is 5.56 Å². The third kappa shape index (κ3) is 3.83. The lowest BCUT2D eigenvalue weighted by Gasteiger charge is -2.21. The molecule has 0 radical (unpaired) electrons. The van der Waals surface area contributed by atoms with Crippen LogP contribution in [0.1, 0.15) is 51.8 Å². The van der Waals surface area contributed by atoms with Gasteiger partial charge in [0.05, 0.1) is 0 Å². The lowest BCUT2D eigenvalue weighted by Crippen LogP contribution is -2.33. The number of aromatic nitrogens is 4. The molecule has 0 spiro atoms. The van der Waals surface area contributed by atoms with E-state index in [0.29, 0.717) is 5.56 Å². The van der Waals surface area contributed by atoms with Crippen molar-refractivity contribution in [1.29, 1.82) is 0 Å². The van der Waals surface area contributed by atoms with Crippen LogP contribution in [0.2, 0.25) is 5.28 Å². The summed E-state index contributed by atoms with van der Waals surface area (Å²) in [5.74, 6) is -0.0839. The summed E-state index contributed by atoms with van der Waals surface area (Å²) in [7, 11) is 0. The number of hydrogen-bond donors (Lipinski definition) is 1. The smallest absolute Gasteiger partial charge is 0.273 e. The number of aromatic amines is 1. The van der Waals surface area contributed by atoms with Crippen molar-refractivity contribution in [3.63, 3.8) is 0 Å². The van der Waals surface area contributed by atoms with E-state index in [1.807, 2.05) is 13.0 Å². The molecule has 1 unspecified atom stereocenters. The number of rotatable bonds is 3. The van der Waals surface area contributed by atoms with Gasteiger partial charge in [-0.05, 0) is 58.8 Å². The summed E-state index contributed by atoms with van der Waals surface area (Å²) in [6, 6.07) is 14.1. The molecular weight excluding hydrogens is 436 g/mol. The second-order valence-corrected chi connectivity index (χ2v) is 8.45. The van der Waals surface area contributed by atoms with E-state index in [2.05, 4.69) is 64.4 Å². The standard InChI is InChI=1S/C26H21ClN4O2/c1-3-16-5-9-20-18(13-16)7-6-17-12-15(2)4-8-19(17)23(20)21-14-31(26(33)30-24(21)32)22-10-11-28-25(27)29-22/h4-14,23H,3H2,1-2H3,(H,30,32,33). The van der Waals surface area contributed by atoms with E-state index in [1.165, 1.54) is 16.3 Å². The highest BCUT2D eigenvalue weighted by molar-refractivity contribution is 6.28. The van der Waals surface area contributed by atoms with Crippen LogP contribution in [0.5, 0.6) is 0 Å². The third-order valence-corrected chi connectivity index (χ3v) is 6.19. The molecule has 7 heteroatoms. The molecule has 1 atom stereocenters. The highest BCUT2D eigenvalue weighted by atomic mass is 35.5. The SMILES string of the molecule is CCc1ccc2c(c1)C=Cc1cc(C)ccc1C2c1cn(-c2ccnc(Cl)n2)c(=O)[nH]c1=O. The monoisotopic (exact) mass is 456 g/mol. The molecule has 2 aromatic carbocycles. The average molecular weight is 457 g/mol. The Labute approximate surface area is 195 Å². The number of halogens is 1. The molecule has 0 amide bonds. The maximum absolute atomic E-state index is 13.2. The molecule has 2 heterocycles. The van der Waals surface area contributed by atoms with Crippen molar-refractivity contribution in [3.05, 3.63) is 120 Å². The molecule has 5 rings (SSSR count). The highest BCUT2D eigenvalue weighted by Crippen LogP contribution is 2.38. The van der Waals surface area contributed by atoms with Crippen molar-refractivity contribution < 1.29 is 0 Å². The lowest BCUT2D eigenvalue weighted by atomic mass is 9.82. The van der Waals surface area contributed by atoms with Crippen LogP contribution in [0.15, 0.2) is 64.4 Å². The summed E-state index contributed by atoms with van der Waals surface area (Å²) < 4.78 is 1.30. The molecule has 0 bridgehead atoms. The molecule has 0 aliphatic heterocycles. The fraction of sp³-hybridized carbons (Fsp3) is 0.154. The van der Waals surface area contributed by atoms with E-state index in [1.54, 1.807) is 12.3 Å². The third-order valence-electron chi connectivity index (χ3n) is 6.01. The molecule has 4 aromatic rings. The van der Waals surface area contributed by atoms with Gasteiger partial charge in [-0.15, -0.1) is 0 Å². The number of H-pyrrole nitrogens is 1. The summed E-state index contributed by atoms with van der Waals surface area (Å²) >= 11 is 5.95. The van der Waals surface area contributed by atoms with Crippen molar-refractivity contribution >= 4 is 23.8 Å². The lowest BCUT2D eigenvalue weighted by molar-refractivity contribution is 0.812. The van der Waals surface area contributed by atoms with Gasteiger partial charge in [-0.1, -0.05) is 61.0 Å². The Morgan fingerprint density at radius 3 is 2.45 bits per heavy atom. The molecule has 33 heavy (non-hydrogen) atoms. The number of fused-ring (bicyclic) bond motifs is 2. The minimum absolute atomic E-state index is 0.0177. The van der Waals surface area contributed by atoms with Gasteiger partial charge in [0.2, 0.25) is 5.28 Å². The Bertz CT molecular complexity index is 1530. The van der Waals surface area contributed by atoms with E-state index in [0.717, 1.165) is 34.2 Å². The first-order chi connectivity index (χ1) is 15.9. The van der Waals surface area contributed by atoms with E-state index < -0.39 is 11.2 Å². The normalized spacial score (nSPS) is 14.5. The van der Waals surface area contributed by atoms with E-state index in [9.17, 15) is 9.59 Å². The van der Waals surface area contributed by atoms with Gasteiger partial charge < -0.3 is 0 Å². The molecule has 2 aromatic heterocycles. The number of aryl methyl sites for hydroxylation is 2. The maximum Gasteiger partial charge on any atom is 0.334 e. The number of nitrogens with one attached hydrogen (secondary N) is 1. The van der Waals surface area contributed by atoms with E-state index in [4.69, 9.17) is 11.6 Å². The Morgan fingerprint density at radius 2 is 1.73 bits per heavy atom. The predicted molar refractivity (Wildman–Crippen MR) is 130 cm³/mol. The first kappa shape index (κ1) is 21.1. The number of hydrogen-bond acceptors (Lipinski definition) is 4. The number of nitrogens with zero attached hydrogens (tertiary/aromatic N) is 3. The van der Waals surface area contributed by atoms with Crippen LogP contribution in [0.3, 0.4) is 0 Å². The van der Waals surface area contributed by atoms with Crippen molar-refractivity contribution in [2.75, 3.05) is 0 Å². The molecule has 1 aliphatic carbocycles. The fourth-order valence-electron chi connectivity index (χ4n) is 4.36. The minimum atomic E-state index is -0.587. The second kappa shape index (κ2) is 8.30.